The third kappa shape index (κ3) is 4.99. The first kappa shape index (κ1) is 12.3. The molecule has 0 aromatic carbocycles. The van der Waals surface area contributed by atoms with E-state index in [1.807, 2.05) is 20.8 Å². The van der Waals surface area contributed by atoms with Crippen molar-refractivity contribution in [2.45, 2.75) is 45.3 Å². The number of rotatable bonds is 4. The van der Waals surface area contributed by atoms with Crippen LogP contribution >= 0.6 is 0 Å². The van der Waals surface area contributed by atoms with Crippen LogP contribution in [0.4, 0.5) is 4.79 Å². The topological polar surface area (TPSA) is 73.6 Å². The zero-order valence-corrected chi connectivity index (χ0v) is 9.58. The number of ether oxygens (including phenoxy) is 1. The predicted octanol–water partition coefficient (Wildman–Crippen LogP) is 1.18. The minimum absolute atomic E-state index is 0.0856. The summed E-state index contributed by atoms with van der Waals surface area (Å²) in [5, 5.41) is 2.65. The Labute approximate surface area is 90.3 Å². The summed E-state index contributed by atoms with van der Waals surface area (Å²) in [6, 6.07) is 0. The monoisotopic (exact) mass is 216 g/mol. The summed E-state index contributed by atoms with van der Waals surface area (Å²) < 4.78 is 5.09. The molecule has 1 atom stereocenters. The highest BCUT2D eigenvalue weighted by Crippen LogP contribution is 2.33. The number of nitrogens with two attached hydrogens (primary N) is 1. The number of carbonyl (C=O) groups is 1. The van der Waals surface area contributed by atoms with E-state index >= 15 is 0 Å². The van der Waals surface area contributed by atoms with Gasteiger partial charge in [-0.1, -0.05) is 0 Å². The predicted molar refractivity (Wildman–Crippen MR) is 56.0 cm³/mol. The first-order valence-electron chi connectivity index (χ1n) is 5.25. The van der Waals surface area contributed by atoms with Gasteiger partial charge in [0.25, 0.3) is 0 Å². The van der Waals surface area contributed by atoms with Gasteiger partial charge in [-0.25, -0.2) is 10.7 Å². The molecule has 1 unspecified atom stereocenters. The van der Waals surface area contributed by atoms with Crippen LogP contribution in [-0.4, -0.2) is 24.3 Å². The molecular formula is C10H20N2O3. The van der Waals surface area contributed by atoms with Crippen LogP contribution in [0.5, 0.6) is 0 Å². The molecule has 1 fully saturated rings. The van der Waals surface area contributed by atoms with E-state index in [1.165, 1.54) is 0 Å². The molecule has 0 saturated heterocycles. The zero-order chi connectivity index (χ0) is 11.5. The van der Waals surface area contributed by atoms with Crippen molar-refractivity contribution in [2.75, 3.05) is 6.54 Å². The molecule has 0 bridgehead atoms. The fourth-order valence-electron chi connectivity index (χ4n) is 1.29. The second-order valence-electron chi connectivity index (χ2n) is 4.89. The van der Waals surface area contributed by atoms with Gasteiger partial charge in [0.05, 0.1) is 6.10 Å². The van der Waals surface area contributed by atoms with E-state index in [2.05, 4.69) is 5.32 Å². The molecule has 15 heavy (non-hydrogen) atoms. The van der Waals surface area contributed by atoms with Crippen LogP contribution < -0.4 is 11.2 Å². The van der Waals surface area contributed by atoms with Gasteiger partial charge in [-0.3, -0.25) is 4.84 Å². The van der Waals surface area contributed by atoms with E-state index in [1.54, 1.807) is 0 Å². The zero-order valence-electron chi connectivity index (χ0n) is 9.58. The summed E-state index contributed by atoms with van der Waals surface area (Å²) in [5.41, 5.74) is -0.470. The molecule has 1 amide bonds. The van der Waals surface area contributed by atoms with Crippen LogP contribution in [-0.2, 0) is 9.57 Å². The van der Waals surface area contributed by atoms with Crippen LogP contribution in [0.15, 0.2) is 0 Å². The second kappa shape index (κ2) is 4.81. The van der Waals surface area contributed by atoms with Crippen molar-refractivity contribution in [3.8, 4) is 0 Å². The van der Waals surface area contributed by atoms with E-state index in [0.29, 0.717) is 12.5 Å². The lowest BCUT2D eigenvalue weighted by Crippen LogP contribution is -2.39. The molecule has 5 nitrogen and oxygen atoms in total. The quantitative estimate of drug-likeness (QED) is 0.692. The van der Waals surface area contributed by atoms with Crippen LogP contribution in [0.1, 0.15) is 33.6 Å². The van der Waals surface area contributed by atoms with Crippen molar-refractivity contribution >= 4 is 6.09 Å². The van der Waals surface area contributed by atoms with E-state index in [-0.39, 0.29) is 6.10 Å². The summed E-state index contributed by atoms with van der Waals surface area (Å²) in [7, 11) is 0. The third-order valence-corrected chi connectivity index (χ3v) is 2.17. The van der Waals surface area contributed by atoms with Crippen molar-refractivity contribution in [2.24, 2.45) is 11.8 Å². The molecular weight excluding hydrogens is 196 g/mol. The Morgan fingerprint density at radius 1 is 1.53 bits per heavy atom. The summed E-state index contributed by atoms with van der Waals surface area (Å²) in [4.78, 5) is 16.1. The maximum absolute atomic E-state index is 11.3. The highest BCUT2D eigenvalue weighted by Gasteiger charge is 2.32. The summed E-state index contributed by atoms with van der Waals surface area (Å²) in [5.74, 6) is 5.63. The van der Waals surface area contributed by atoms with E-state index in [4.69, 9.17) is 15.5 Å². The maximum Gasteiger partial charge on any atom is 0.407 e. The molecule has 0 aromatic rings. The molecule has 0 radical (unpaired) electrons. The average Bonchev–Trinajstić information content (AvgIpc) is 2.85. The Balaban J connectivity index is 2.20. The Kier molecular flexibility index (Phi) is 3.93. The van der Waals surface area contributed by atoms with Gasteiger partial charge in [-0.2, -0.15) is 0 Å². The van der Waals surface area contributed by atoms with E-state index in [0.717, 1.165) is 12.8 Å². The molecule has 0 spiro atoms. The van der Waals surface area contributed by atoms with Crippen LogP contribution in [0.25, 0.3) is 0 Å². The number of nitrogens with one attached hydrogen (secondary N) is 1. The molecule has 0 aromatic heterocycles. The highest BCUT2D eigenvalue weighted by molar-refractivity contribution is 5.67. The summed E-state index contributed by atoms with van der Waals surface area (Å²) in [6.45, 7) is 5.88. The number of hydrogen-bond donors (Lipinski definition) is 2. The molecule has 1 aliphatic rings. The van der Waals surface area contributed by atoms with Crippen LogP contribution in [0.2, 0.25) is 0 Å². The Morgan fingerprint density at radius 2 is 2.13 bits per heavy atom. The van der Waals surface area contributed by atoms with Gasteiger partial charge in [0.1, 0.15) is 5.60 Å². The number of carbonyl (C=O) groups excluding carboxylic acids is 1. The van der Waals surface area contributed by atoms with Crippen LogP contribution in [0.3, 0.4) is 0 Å². The van der Waals surface area contributed by atoms with Gasteiger partial charge >= 0.3 is 6.09 Å². The lowest BCUT2D eigenvalue weighted by Gasteiger charge is -2.21. The molecule has 1 saturated carbocycles. The molecule has 1 aliphatic carbocycles. The standard InChI is InChI=1S/C10H20N2O3/c1-10(2,3)14-9(13)12-6-8(15-11)7-4-5-7/h7-8H,4-6,11H2,1-3H3,(H,12,13). The Hall–Kier alpha value is -0.810. The van der Waals surface area contributed by atoms with Crippen molar-refractivity contribution < 1.29 is 14.4 Å². The van der Waals surface area contributed by atoms with E-state index in [9.17, 15) is 4.79 Å². The largest absolute Gasteiger partial charge is 0.444 e. The fourth-order valence-corrected chi connectivity index (χ4v) is 1.29. The number of alkyl carbamates (subject to hydrolysis) is 1. The smallest absolute Gasteiger partial charge is 0.407 e. The molecule has 1 rings (SSSR count). The summed E-state index contributed by atoms with van der Waals surface area (Å²) in [6.07, 6.45) is 1.73. The first-order chi connectivity index (χ1) is 6.92. The lowest BCUT2D eigenvalue weighted by molar-refractivity contribution is 0.0261. The van der Waals surface area contributed by atoms with Crippen molar-refractivity contribution in [3.63, 3.8) is 0 Å². The Bertz CT molecular complexity index is 221. The van der Waals surface area contributed by atoms with Gasteiger partial charge in [-0.15, -0.1) is 0 Å². The van der Waals surface area contributed by atoms with Crippen LogP contribution in [0, 0.1) is 5.92 Å². The normalized spacial score (nSPS) is 18.4. The van der Waals surface area contributed by atoms with Crippen molar-refractivity contribution in [1.29, 1.82) is 0 Å². The summed E-state index contributed by atoms with van der Waals surface area (Å²) >= 11 is 0. The number of hydrogen-bond acceptors (Lipinski definition) is 4. The van der Waals surface area contributed by atoms with Gasteiger partial charge in [0.15, 0.2) is 0 Å². The first-order valence-corrected chi connectivity index (χ1v) is 5.25. The average molecular weight is 216 g/mol. The second-order valence-corrected chi connectivity index (χ2v) is 4.89. The minimum Gasteiger partial charge on any atom is -0.444 e. The Morgan fingerprint density at radius 3 is 2.53 bits per heavy atom. The molecule has 0 aliphatic heterocycles. The fraction of sp³-hybridized carbons (Fsp3) is 0.900. The molecule has 0 heterocycles. The SMILES string of the molecule is CC(C)(C)OC(=O)NCC(ON)C1CC1. The van der Waals surface area contributed by atoms with Gasteiger partial charge in [0, 0.05) is 6.54 Å². The van der Waals surface area contributed by atoms with Gasteiger partial charge in [-0.05, 0) is 39.5 Å². The molecule has 3 N–H and O–H groups in total. The highest BCUT2D eigenvalue weighted by atomic mass is 16.6. The van der Waals surface area contributed by atoms with Gasteiger partial charge in [0.2, 0.25) is 0 Å². The van der Waals surface area contributed by atoms with Crippen molar-refractivity contribution in [3.05, 3.63) is 0 Å². The van der Waals surface area contributed by atoms with Crippen molar-refractivity contribution in [1.82, 2.24) is 5.32 Å². The lowest BCUT2D eigenvalue weighted by atomic mass is 10.2. The minimum atomic E-state index is -0.470. The van der Waals surface area contributed by atoms with E-state index < -0.39 is 11.7 Å². The third-order valence-electron chi connectivity index (χ3n) is 2.17. The number of amides is 1. The van der Waals surface area contributed by atoms with Gasteiger partial charge < -0.3 is 10.1 Å². The molecule has 5 heteroatoms. The molecule has 88 valence electrons. The maximum atomic E-state index is 11.3.